The van der Waals surface area contributed by atoms with Gasteiger partial charge in [0.2, 0.25) is 0 Å². The summed E-state index contributed by atoms with van der Waals surface area (Å²) in [6.45, 7) is 1.67. The van der Waals surface area contributed by atoms with Gasteiger partial charge in [-0.2, -0.15) is 0 Å². The van der Waals surface area contributed by atoms with Gasteiger partial charge in [0, 0.05) is 0 Å². The molecule has 2 aliphatic rings. The minimum absolute atomic E-state index is 0.0128. The summed E-state index contributed by atoms with van der Waals surface area (Å²) in [6, 6.07) is 0. The van der Waals surface area contributed by atoms with E-state index in [1.54, 1.807) is 13.0 Å². The molecule has 0 aromatic rings. The molecule has 0 aromatic heterocycles. The van der Waals surface area contributed by atoms with Gasteiger partial charge in [-0.15, -0.1) is 0 Å². The number of fused-ring (bicyclic) bond motifs is 1. The molecule has 5 heteroatoms. The van der Waals surface area contributed by atoms with E-state index >= 15 is 0 Å². The molecule has 1 aliphatic carbocycles. The lowest BCUT2D eigenvalue weighted by Crippen LogP contribution is -2.43. The van der Waals surface area contributed by atoms with Crippen molar-refractivity contribution in [2.24, 2.45) is 5.41 Å². The molecule has 2 rings (SSSR count). The topological polar surface area (TPSA) is 60.4 Å². The van der Waals surface area contributed by atoms with E-state index in [9.17, 15) is 13.2 Å². The Hall–Kier alpha value is -0.840. The summed E-state index contributed by atoms with van der Waals surface area (Å²) in [7, 11) is -3.24. The van der Waals surface area contributed by atoms with Crippen LogP contribution in [0.3, 0.4) is 0 Å². The normalized spacial score (nSPS) is 39.0. The van der Waals surface area contributed by atoms with Crippen LogP contribution >= 0.6 is 0 Å². The zero-order valence-corrected chi connectivity index (χ0v) is 9.42. The second-order valence-corrected chi connectivity index (χ2v) is 6.55. The molecule has 0 aromatic carbocycles. The highest BCUT2D eigenvalue weighted by Gasteiger charge is 2.50. The van der Waals surface area contributed by atoms with E-state index in [2.05, 4.69) is 0 Å². The third-order valence-corrected chi connectivity index (χ3v) is 5.41. The maximum absolute atomic E-state index is 11.9. The molecule has 0 unspecified atom stereocenters. The van der Waals surface area contributed by atoms with Gasteiger partial charge >= 0.3 is 5.97 Å². The van der Waals surface area contributed by atoms with Gasteiger partial charge in [0.25, 0.3) is 0 Å². The third-order valence-electron chi connectivity index (χ3n) is 3.22. The Morgan fingerprint density at radius 3 is 3.00 bits per heavy atom. The SMILES string of the molecule is C[C@]12CCC=C[C@H]1S(=O)(=O)CCOC2=O. The molecule has 15 heavy (non-hydrogen) atoms. The molecule has 84 valence electrons. The van der Waals surface area contributed by atoms with Crippen molar-refractivity contribution in [2.45, 2.75) is 25.0 Å². The molecule has 4 nitrogen and oxygen atoms in total. The lowest BCUT2D eigenvalue weighted by Gasteiger charge is -2.33. The van der Waals surface area contributed by atoms with Crippen molar-refractivity contribution in [1.82, 2.24) is 0 Å². The standard InChI is InChI=1S/C10H14O4S/c1-10-5-3-2-4-8(10)15(12,13)7-6-14-9(10)11/h2,4,8H,3,5-7H2,1H3/t8-,10+/m1/s1. The van der Waals surface area contributed by atoms with Crippen molar-refractivity contribution in [3.8, 4) is 0 Å². The van der Waals surface area contributed by atoms with Crippen LogP contribution in [0.15, 0.2) is 12.2 Å². The molecule has 0 spiro atoms. The highest BCUT2D eigenvalue weighted by molar-refractivity contribution is 7.92. The number of allylic oxidation sites excluding steroid dienone is 1. The van der Waals surface area contributed by atoms with E-state index in [0.717, 1.165) is 6.42 Å². The van der Waals surface area contributed by atoms with Crippen LogP contribution in [0, 0.1) is 5.41 Å². The first-order chi connectivity index (χ1) is 6.97. The number of cyclic esters (lactones) is 1. The van der Waals surface area contributed by atoms with Crippen molar-refractivity contribution < 1.29 is 17.9 Å². The second-order valence-electron chi connectivity index (χ2n) is 4.31. The van der Waals surface area contributed by atoms with Crippen molar-refractivity contribution in [3.63, 3.8) is 0 Å². The fourth-order valence-corrected chi connectivity index (χ4v) is 4.16. The Morgan fingerprint density at radius 2 is 2.27 bits per heavy atom. The Kier molecular flexibility index (Phi) is 2.37. The minimum atomic E-state index is -3.24. The zero-order valence-electron chi connectivity index (χ0n) is 8.60. The van der Waals surface area contributed by atoms with E-state index in [1.165, 1.54) is 0 Å². The van der Waals surface area contributed by atoms with Crippen LogP contribution in [-0.2, 0) is 19.4 Å². The van der Waals surface area contributed by atoms with Crippen LogP contribution in [-0.4, -0.2) is 32.0 Å². The zero-order chi connectivity index (χ0) is 11.1. The molecule has 2 atom stereocenters. The molecule has 1 saturated heterocycles. The van der Waals surface area contributed by atoms with Crippen LogP contribution in [0.4, 0.5) is 0 Å². The number of carbonyl (C=O) groups is 1. The van der Waals surface area contributed by atoms with E-state index in [1.807, 2.05) is 6.08 Å². The summed E-state index contributed by atoms with van der Waals surface area (Å²) in [6.07, 6.45) is 4.76. The van der Waals surface area contributed by atoms with E-state index in [0.29, 0.717) is 6.42 Å². The summed E-state index contributed by atoms with van der Waals surface area (Å²) in [5, 5.41) is -0.700. The number of carbonyl (C=O) groups excluding carboxylic acids is 1. The molecule has 1 heterocycles. The molecular weight excluding hydrogens is 216 g/mol. The fourth-order valence-electron chi connectivity index (χ4n) is 2.23. The summed E-state index contributed by atoms with van der Waals surface area (Å²) < 4.78 is 28.8. The van der Waals surface area contributed by atoms with Gasteiger partial charge in [-0.3, -0.25) is 4.79 Å². The van der Waals surface area contributed by atoms with Gasteiger partial charge in [-0.25, -0.2) is 8.42 Å². The van der Waals surface area contributed by atoms with Gasteiger partial charge in [0.1, 0.15) is 6.61 Å². The number of esters is 1. The molecule has 1 fully saturated rings. The Labute approximate surface area is 89.2 Å². The molecule has 0 radical (unpaired) electrons. The lowest BCUT2D eigenvalue weighted by molar-refractivity contribution is -0.153. The fraction of sp³-hybridized carbons (Fsp3) is 0.700. The Bertz CT molecular complexity index is 409. The number of hydrogen-bond acceptors (Lipinski definition) is 4. The maximum atomic E-state index is 11.9. The van der Waals surface area contributed by atoms with E-state index in [-0.39, 0.29) is 18.3 Å². The summed E-state index contributed by atoms with van der Waals surface area (Å²) in [5.74, 6) is -0.443. The van der Waals surface area contributed by atoms with Crippen molar-refractivity contribution in [3.05, 3.63) is 12.2 Å². The average Bonchev–Trinajstić information content (AvgIpc) is 2.24. The van der Waals surface area contributed by atoms with E-state index in [4.69, 9.17) is 4.74 Å². The van der Waals surface area contributed by atoms with Gasteiger partial charge in [-0.05, 0) is 19.8 Å². The van der Waals surface area contributed by atoms with Crippen molar-refractivity contribution >= 4 is 15.8 Å². The van der Waals surface area contributed by atoms with Gasteiger partial charge in [0.15, 0.2) is 9.84 Å². The molecule has 0 bridgehead atoms. The third kappa shape index (κ3) is 1.58. The summed E-state index contributed by atoms with van der Waals surface area (Å²) in [5.41, 5.74) is -0.885. The first-order valence-electron chi connectivity index (χ1n) is 5.02. The first-order valence-corrected chi connectivity index (χ1v) is 6.74. The molecule has 0 saturated carbocycles. The quantitative estimate of drug-likeness (QED) is 0.453. The molecule has 1 aliphatic heterocycles. The summed E-state index contributed by atoms with van der Waals surface area (Å²) in [4.78, 5) is 11.7. The molecule has 0 N–H and O–H groups in total. The Balaban J connectivity index is 2.53. The molecule has 0 amide bonds. The van der Waals surface area contributed by atoms with Crippen LogP contribution < -0.4 is 0 Å². The number of rotatable bonds is 0. The monoisotopic (exact) mass is 230 g/mol. The van der Waals surface area contributed by atoms with Gasteiger partial charge in [-0.1, -0.05) is 12.2 Å². The minimum Gasteiger partial charge on any atom is -0.464 e. The lowest BCUT2D eigenvalue weighted by atomic mass is 9.78. The van der Waals surface area contributed by atoms with Gasteiger partial charge in [0.05, 0.1) is 16.4 Å². The van der Waals surface area contributed by atoms with Crippen LogP contribution in [0.2, 0.25) is 0 Å². The number of sulfone groups is 1. The van der Waals surface area contributed by atoms with Crippen LogP contribution in [0.5, 0.6) is 0 Å². The predicted molar refractivity (Wildman–Crippen MR) is 55.0 cm³/mol. The average molecular weight is 230 g/mol. The summed E-state index contributed by atoms with van der Waals surface area (Å²) >= 11 is 0. The smallest absolute Gasteiger partial charge is 0.313 e. The Morgan fingerprint density at radius 1 is 1.53 bits per heavy atom. The second kappa shape index (κ2) is 3.33. The number of hydrogen-bond donors (Lipinski definition) is 0. The van der Waals surface area contributed by atoms with Crippen LogP contribution in [0.1, 0.15) is 19.8 Å². The largest absolute Gasteiger partial charge is 0.464 e. The predicted octanol–water partition coefficient (Wildman–Crippen LogP) is 0.683. The van der Waals surface area contributed by atoms with Gasteiger partial charge < -0.3 is 4.74 Å². The highest BCUT2D eigenvalue weighted by atomic mass is 32.2. The van der Waals surface area contributed by atoms with Crippen molar-refractivity contribution in [2.75, 3.05) is 12.4 Å². The highest BCUT2D eigenvalue weighted by Crippen LogP contribution is 2.39. The van der Waals surface area contributed by atoms with Crippen LogP contribution in [0.25, 0.3) is 0 Å². The van der Waals surface area contributed by atoms with Crippen molar-refractivity contribution in [1.29, 1.82) is 0 Å². The molecular formula is C10H14O4S. The number of ether oxygens (including phenoxy) is 1. The first kappa shape index (κ1) is 10.7. The van der Waals surface area contributed by atoms with E-state index < -0.39 is 20.5 Å². The maximum Gasteiger partial charge on any atom is 0.313 e.